The molecule has 0 aliphatic carbocycles. The number of aromatic carboxylic acids is 1. The van der Waals surface area contributed by atoms with E-state index in [0.717, 1.165) is 15.7 Å². The Labute approximate surface area is 170 Å². The Morgan fingerprint density at radius 2 is 1.77 bits per heavy atom. The minimum absolute atomic E-state index is 0.0324. The maximum Gasteiger partial charge on any atom is 0.337 e. The number of carbonyl (C=O) groups is 1. The molecule has 2 aromatic carbocycles. The maximum absolute atomic E-state index is 12.9. The number of H-pyrrole nitrogens is 1. The lowest BCUT2D eigenvalue weighted by Crippen LogP contribution is -2.37. The topological polar surface area (TPSA) is 130 Å². The van der Waals surface area contributed by atoms with Crippen molar-refractivity contribution >= 4 is 33.9 Å². The van der Waals surface area contributed by atoms with E-state index in [0.29, 0.717) is 16.7 Å². The lowest BCUT2D eigenvalue weighted by atomic mass is 10.1. The number of carboxylic acids is 1. The zero-order valence-corrected chi connectivity index (χ0v) is 16.4. The van der Waals surface area contributed by atoms with Gasteiger partial charge in [-0.3, -0.25) is 14.3 Å². The average molecular weight is 405 g/mol. The quantitative estimate of drug-likeness (QED) is 0.433. The molecule has 4 aromatic rings. The number of nitrogens with zero attached hydrogens (tertiary/aromatic N) is 3. The predicted molar refractivity (Wildman–Crippen MR) is 113 cm³/mol. The second-order valence-electron chi connectivity index (χ2n) is 7.01. The molecule has 4 rings (SSSR count). The lowest BCUT2D eigenvalue weighted by molar-refractivity contribution is 0.0698. The molecule has 0 amide bonds. The van der Waals surface area contributed by atoms with Crippen LogP contribution in [0.15, 0.2) is 46.0 Å². The van der Waals surface area contributed by atoms with Crippen molar-refractivity contribution in [3.8, 4) is 0 Å². The summed E-state index contributed by atoms with van der Waals surface area (Å²) in [7, 11) is 0. The van der Waals surface area contributed by atoms with Crippen LogP contribution in [-0.4, -0.2) is 37.1 Å². The molecule has 0 spiro atoms. The van der Waals surface area contributed by atoms with Crippen molar-refractivity contribution in [1.29, 1.82) is 0 Å². The number of rotatable bonds is 5. The Kier molecular flexibility index (Phi) is 4.78. The van der Waals surface area contributed by atoms with Crippen LogP contribution in [0.25, 0.3) is 22.2 Å². The molecular weight excluding hydrogens is 386 g/mol. The summed E-state index contributed by atoms with van der Waals surface area (Å²) >= 11 is 0. The Morgan fingerprint density at radius 1 is 1.10 bits per heavy atom. The third kappa shape index (κ3) is 3.41. The summed E-state index contributed by atoms with van der Waals surface area (Å²) in [5.41, 5.74) is 2.85. The van der Waals surface area contributed by atoms with Crippen LogP contribution < -0.4 is 16.6 Å². The van der Waals surface area contributed by atoms with Crippen LogP contribution in [0.3, 0.4) is 0 Å². The fraction of sp³-hybridized carbons (Fsp3) is 0.190. The molecule has 0 saturated carbocycles. The van der Waals surface area contributed by atoms with Crippen LogP contribution >= 0.6 is 0 Å². The molecule has 0 radical (unpaired) electrons. The third-order valence-electron chi connectivity index (χ3n) is 5.01. The van der Waals surface area contributed by atoms with E-state index in [2.05, 4.69) is 20.3 Å². The van der Waals surface area contributed by atoms with Gasteiger partial charge in [-0.2, -0.15) is 0 Å². The molecule has 0 unspecified atom stereocenters. The van der Waals surface area contributed by atoms with Crippen molar-refractivity contribution in [3.63, 3.8) is 0 Å². The number of benzene rings is 2. The molecule has 0 aliphatic rings. The Bertz CT molecular complexity index is 1420. The molecule has 0 aliphatic heterocycles. The molecule has 0 fully saturated rings. The number of aromatic amines is 1. The number of aryl methyl sites for hydroxylation is 2. The molecule has 152 valence electrons. The molecule has 9 nitrogen and oxygen atoms in total. The minimum atomic E-state index is -1.06. The zero-order chi connectivity index (χ0) is 21.4. The van der Waals surface area contributed by atoms with Crippen molar-refractivity contribution < 1.29 is 9.90 Å². The number of fused-ring (bicyclic) bond motifs is 2. The molecule has 9 heteroatoms. The largest absolute Gasteiger partial charge is 0.478 e. The number of nitrogens with one attached hydrogen (secondary N) is 2. The van der Waals surface area contributed by atoms with Gasteiger partial charge in [-0.1, -0.05) is 12.1 Å². The summed E-state index contributed by atoms with van der Waals surface area (Å²) in [5.74, 6) is -1.06. The van der Waals surface area contributed by atoms with Gasteiger partial charge in [0.05, 0.1) is 16.6 Å². The highest BCUT2D eigenvalue weighted by molar-refractivity contribution is 5.94. The average Bonchev–Trinajstić information content (AvgIpc) is 2.71. The molecule has 0 atom stereocenters. The van der Waals surface area contributed by atoms with E-state index in [1.54, 1.807) is 18.2 Å². The summed E-state index contributed by atoms with van der Waals surface area (Å²) in [6, 6.07) is 10.2. The van der Waals surface area contributed by atoms with Gasteiger partial charge in [0.15, 0.2) is 11.2 Å². The summed E-state index contributed by atoms with van der Waals surface area (Å²) in [5, 5.41) is 12.2. The first-order valence-electron chi connectivity index (χ1n) is 9.33. The molecule has 2 aromatic heterocycles. The van der Waals surface area contributed by atoms with Gasteiger partial charge in [0, 0.05) is 18.8 Å². The summed E-state index contributed by atoms with van der Waals surface area (Å²) in [6.07, 6.45) is 0. The molecular formula is C21H19N5O4. The molecule has 30 heavy (non-hydrogen) atoms. The number of hydrogen-bond acceptors (Lipinski definition) is 6. The van der Waals surface area contributed by atoms with E-state index >= 15 is 0 Å². The van der Waals surface area contributed by atoms with E-state index < -0.39 is 17.2 Å². The van der Waals surface area contributed by atoms with Crippen LogP contribution in [0, 0.1) is 13.8 Å². The highest BCUT2D eigenvalue weighted by Gasteiger charge is 2.13. The zero-order valence-electron chi connectivity index (χ0n) is 16.4. The second kappa shape index (κ2) is 7.43. The maximum atomic E-state index is 12.9. The number of aromatic nitrogens is 4. The van der Waals surface area contributed by atoms with Crippen LogP contribution in [-0.2, 0) is 6.54 Å². The molecule has 3 N–H and O–H groups in total. The Balaban J connectivity index is 1.69. The molecule has 0 saturated heterocycles. The van der Waals surface area contributed by atoms with Crippen molar-refractivity contribution in [2.45, 2.75) is 20.4 Å². The normalized spacial score (nSPS) is 11.1. The van der Waals surface area contributed by atoms with Gasteiger partial charge in [0.1, 0.15) is 0 Å². The third-order valence-corrected chi connectivity index (χ3v) is 5.01. The van der Waals surface area contributed by atoms with Gasteiger partial charge in [-0.15, -0.1) is 0 Å². The smallest absolute Gasteiger partial charge is 0.337 e. The van der Waals surface area contributed by atoms with Gasteiger partial charge < -0.3 is 10.4 Å². The van der Waals surface area contributed by atoms with Crippen LogP contribution in [0.1, 0.15) is 21.5 Å². The van der Waals surface area contributed by atoms with Crippen molar-refractivity contribution in [1.82, 2.24) is 19.5 Å². The number of para-hydroxylation sites is 1. The van der Waals surface area contributed by atoms with Crippen LogP contribution in [0.2, 0.25) is 0 Å². The summed E-state index contributed by atoms with van der Waals surface area (Å²) in [4.78, 5) is 48.0. The first kappa shape index (κ1) is 19.3. The SMILES string of the molecule is Cc1cc2nc3[nH]c(=O)n(CCNc4ccccc4C(=O)O)c(=O)c3nc2cc1C. The van der Waals surface area contributed by atoms with Crippen molar-refractivity contribution in [3.05, 3.63) is 73.9 Å². The second-order valence-corrected chi connectivity index (χ2v) is 7.01. The number of carboxylic acid groups (broad SMARTS) is 1. The standard InChI is InChI=1S/C21H19N5O4/c1-11-9-15-16(10-12(11)2)24-18-17(23-15)19(27)26(21(30)25-18)8-7-22-14-6-4-3-5-13(14)20(28)29/h3-6,9-10,22H,7-8H2,1-2H3,(H,28,29)(H,24,25,30). The van der Waals surface area contributed by atoms with E-state index in [9.17, 15) is 19.5 Å². The van der Waals surface area contributed by atoms with Gasteiger partial charge in [-0.05, 0) is 49.2 Å². The fourth-order valence-corrected chi connectivity index (χ4v) is 3.27. The first-order chi connectivity index (χ1) is 14.3. The van der Waals surface area contributed by atoms with E-state index in [-0.39, 0.29) is 29.8 Å². The molecule has 2 heterocycles. The van der Waals surface area contributed by atoms with E-state index in [1.165, 1.54) is 6.07 Å². The van der Waals surface area contributed by atoms with Gasteiger partial charge >= 0.3 is 11.7 Å². The van der Waals surface area contributed by atoms with Crippen molar-refractivity contribution in [2.75, 3.05) is 11.9 Å². The Hall–Kier alpha value is -4.01. The van der Waals surface area contributed by atoms with Gasteiger partial charge in [0.2, 0.25) is 0 Å². The van der Waals surface area contributed by atoms with E-state index in [1.807, 2.05) is 26.0 Å². The minimum Gasteiger partial charge on any atom is -0.478 e. The first-order valence-corrected chi connectivity index (χ1v) is 9.33. The summed E-state index contributed by atoms with van der Waals surface area (Å²) in [6.45, 7) is 4.12. The van der Waals surface area contributed by atoms with Gasteiger partial charge in [0.25, 0.3) is 5.56 Å². The highest BCUT2D eigenvalue weighted by Crippen LogP contribution is 2.17. The van der Waals surface area contributed by atoms with Gasteiger partial charge in [-0.25, -0.2) is 19.6 Å². The molecule has 0 bridgehead atoms. The van der Waals surface area contributed by atoms with Crippen LogP contribution in [0.5, 0.6) is 0 Å². The fourth-order valence-electron chi connectivity index (χ4n) is 3.27. The monoisotopic (exact) mass is 405 g/mol. The highest BCUT2D eigenvalue weighted by atomic mass is 16.4. The predicted octanol–water partition coefficient (Wildman–Crippen LogP) is 2.06. The Morgan fingerprint density at radius 3 is 2.47 bits per heavy atom. The van der Waals surface area contributed by atoms with E-state index in [4.69, 9.17) is 0 Å². The number of hydrogen-bond donors (Lipinski definition) is 3. The lowest BCUT2D eigenvalue weighted by Gasteiger charge is -2.11. The van der Waals surface area contributed by atoms with Crippen molar-refractivity contribution in [2.24, 2.45) is 0 Å². The number of anilines is 1. The summed E-state index contributed by atoms with van der Waals surface area (Å²) < 4.78 is 1.03. The van der Waals surface area contributed by atoms with Crippen LogP contribution in [0.4, 0.5) is 5.69 Å².